The zero-order chi connectivity index (χ0) is 20.4. The van der Waals surface area contributed by atoms with Crippen LogP contribution in [0.1, 0.15) is 29.2 Å². The number of pyridine rings is 1. The summed E-state index contributed by atoms with van der Waals surface area (Å²) in [5, 5.41) is 2.14. The van der Waals surface area contributed by atoms with E-state index in [2.05, 4.69) is 85.4 Å². The van der Waals surface area contributed by atoms with Crippen LogP contribution in [0.3, 0.4) is 0 Å². The molecule has 4 aromatic rings. The van der Waals surface area contributed by atoms with Crippen molar-refractivity contribution in [1.82, 2.24) is 4.98 Å². The van der Waals surface area contributed by atoms with Crippen LogP contribution < -0.4 is 0 Å². The molecule has 0 aliphatic heterocycles. The van der Waals surface area contributed by atoms with E-state index in [1.807, 2.05) is 12.3 Å². The van der Waals surface area contributed by atoms with Gasteiger partial charge in [0, 0.05) is 35.8 Å². The van der Waals surface area contributed by atoms with E-state index >= 15 is 0 Å². The largest absolute Gasteiger partial charge is 0.437 e. The van der Waals surface area contributed by atoms with Gasteiger partial charge in [-0.1, -0.05) is 54.1 Å². The number of rotatable bonds is 4. The molecule has 0 aliphatic carbocycles. The molecule has 2 heterocycles. The minimum atomic E-state index is 0.677. The first kappa shape index (κ1) is 18.9. The number of hydrogen-bond acceptors (Lipinski definition) is 3. The zero-order valence-electron chi connectivity index (χ0n) is 17.2. The Labute approximate surface area is 171 Å². The lowest BCUT2D eigenvalue weighted by Gasteiger charge is -2.07. The van der Waals surface area contributed by atoms with Gasteiger partial charge in [0.25, 0.3) is 0 Å². The van der Waals surface area contributed by atoms with Crippen LogP contribution >= 0.6 is 0 Å². The van der Waals surface area contributed by atoms with Crippen LogP contribution in [-0.2, 0) is 0 Å². The summed E-state index contributed by atoms with van der Waals surface area (Å²) in [5.74, 6) is 0. The molecule has 0 N–H and O–H groups in total. The van der Waals surface area contributed by atoms with E-state index in [0.717, 1.165) is 38.6 Å². The van der Waals surface area contributed by atoms with Crippen molar-refractivity contribution in [2.24, 2.45) is 4.99 Å². The molecule has 2 aromatic heterocycles. The van der Waals surface area contributed by atoms with Crippen molar-refractivity contribution in [3.63, 3.8) is 0 Å². The van der Waals surface area contributed by atoms with Crippen molar-refractivity contribution >= 4 is 39.4 Å². The highest BCUT2D eigenvalue weighted by Crippen LogP contribution is 2.34. The highest BCUT2D eigenvalue weighted by Gasteiger charge is 2.14. The number of aromatic nitrogens is 1. The summed E-state index contributed by atoms with van der Waals surface area (Å²) < 4.78 is 6.14. The standard InChI is InChI=1S/C26H24N2O/c1-17-7-5-8-20(15-17)21(16-27-4)12-10-18(2)24-19(3)11-13-22-23-9-6-14-28-26(23)29-25(22)24/h5-16H,1-4H3/b18-10+,21-12+,27-16?. The Bertz CT molecular complexity index is 1290. The second kappa shape index (κ2) is 7.88. The number of aliphatic imine (C=N–C) groups is 1. The van der Waals surface area contributed by atoms with Crippen molar-refractivity contribution < 1.29 is 4.42 Å². The summed E-state index contributed by atoms with van der Waals surface area (Å²) in [6.07, 6.45) is 7.93. The zero-order valence-corrected chi connectivity index (χ0v) is 17.2. The number of hydrogen-bond donors (Lipinski definition) is 0. The minimum Gasteiger partial charge on any atom is -0.437 e. The number of aryl methyl sites for hydroxylation is 2. The molecule has 0 atom stereocenters. The van der Waals surface area contributed by atoms with Crippen molar-refractivity contribution in [3.05, 3.63) is 89.1 Å². The SMILES string of the molecule is CN=C/C(=C\C=C(/C)c1c(C)ccc2c1oc1ncccc12)c1cccc(C)c1. The lowest BCUT2D eigenvalue weighted by molar-refractivity contribution is 0.652. The monoisotopic (exact) mass is 380 g/mol. The third kappa shape index (κ3) is 3.64. The molecule has 4 rings (SSSR count). The fraction of sp³-hybridized carbons (Fsp3) is 0.154. The van der Waals surface area contributed by atoms with Crippen molar-refractivity contribution in [1.29, 1.82) is 0 Å². The Kier molecular flexibility index (Phi) is 5.13. The van der Waals surface area contributed by atoms with Crippen LogP contribution in [0.2, 0.25) is 0 Å². The molecule has 0 radical (unpaired) electrons. The molecule has 0 amide bonds. The number of nitrogens with zero attached hydrogens (tertiary/aromatic N) is 2. The van der Waals surface area contributed by atoms with Gasteiger partial charge >= 0.3 is 0 Å². The summed E-state index contributed by atoms with van der Waals surface area (Å²) in [7, 11) is 1.80. The average Bonchev–Trinajstić information content (AvgIpc) is 3.09. The topological polar surface area (TPSA) is 38.4 Å². The Morgan fingerprint density at radius 3 is 2.66 bits per heavy atom. The van der Waals surface area contributed by atoms with Crippen LogP contribution in [0.4, 0.5) is 0 Å². The van der Waals surface area contributed by atoms with Crippen LogP contribution in [0.5, 0.6) is 0 Å². The van der Waals surface area contributed by atoms with E-state index in [4.69, 9.17) is 4.42 Å². The number of allylic oxidation sites excluding steroid dienone is 4. The quantitative estimate of drug-likeness (QED) is 0.289. The van der Waals surface area contributed by atoms with Crippen LogP contribution in [0.25, 0.3) is 33.2 Å². The summed E-state index contributed by atoms with van der Waals surface area (Å²) in [4.78, 5) is 8.62. The molecule has 0 fully saturated rings. The van der Waals surface area contributed by atoms with Gasteiger partial charge < -0.3 is 4.42 Å². The molecule has 0 aliphatic rings. The van der Waals surface area contributed by atoms with Gasteiger partial charge in [0.05, 0.1) is 0 Å². The molecule has 3 heteroatoms. The lowest BCUT2D eigenvalue weighted by atomic mass is 9.97. The van der Waals surface area contributed by atoms with Crippen LogP contribution in [0.15, 0.2) is 76.3 Å². The molecular formula is C26H24N2O. The van der Waals surface area contributed by atoms with Gasteiger partial charge in [0.15, 0.2) is 0 Å². The molecule has 0 bridgehead atoms. The molecule has 2 aromatic carbocycles. The van der Waals surface area contributed by atoms with Gasteiger partial charge in [-0.05, 0) is 55.2 Å². The highest BCUT2D eigenvalue weighted by molar-refractivity contribution is 6.11. The molecule has 0 saturated heterocycles. The Balaban J connectivity index is 1.85. The first-order valence-electron chi connectivity index (χ1n) is 9.73. The maximum atomic E-state index is 6.14. The Morgan fingerprint density at radius 1 is 1.00 bits per heavy atom. The van der Waals surface area contributed by atoms with Crippen molar-refractivity contribution in [3.8, 4) is 0 Å². The second-order valence-corrected chi connectivity index (χ2v) is 7.32. The van der Waals surface area contributed by atoms with Gasteiger partial charge in [0.2, 0.25) is 5.71 Å². The van der Waals surface area contributed by atoms with Crippen LogP contribution in [-0.4, -0.2) is 18.2 Å². The summed E-state index contributed by atoms with van der Waals surface area (Å²) in [6.45, 7) is 6.34. The maximum Gasteiger partial charge on any atom is 0.227 e. The second-order valence-electron chi connectivity index (χ2n) is 7.32. The number of benzene rings is 2. The van der Waals surface area contributed by atoms with E-state index < -0.39 is 0 Å². The maximum absolute atomic E-state index is 6.14. The Morgan fingerprint density at radius 2 is 1.86 bits per heavy atom. The first-order valence-corrected chi connectivity index (χ1v) is 9.73. The van der Waals surface area contributed by atoms with Gasteiger partial charge in [-0.15, -0.1) is 0 Å². The van der Waals surface area contributed by atoms with E-state index in [1.165, 1.54) is 11.1 Å². The molecular weight excluding hydrogens is 356 g/mol. The number of furan rings is 1. The summed E-state index contributed by atoms with van der Waals surface area (Å²) in [6, 6.07) is 16.7. The fourth-order valence-electron chi connectivity index (χ4n) is 3.74. The normalized spacial score (nSPS) is 13.1. The Hall–Kier alpha value is -3.46. The third-order valence-electron chi connectivity index (χ3n) is 5.15. The molecule has 144 valence electrons. The smallest absolute Gasteiger partial charge is 0.227 e. The fourth-order valence-corrected chi connectivity index (χ4v) is 3.74. The first-order chi connectivity index (χ1) is 14.1. The van der Waals surface area contributed by atoms with Gasteiger partial charge in [-0.3, -0.25) is 4.99 Å². The highest BCUT2D eigenvalue weighted by atomic mass is 16.3. The lowest BCUT2D eigenvalue weighted by Crippen LogP contribution is -1.89. The molecule has 3 nitrogen and oxygen atoms in total. The van der Waals surface area contributed by atoms with E-state index in [9.17, 15) is 0 Å². The van der Waals surface area contributed by atoms with Crippen molar-refractivity contribution in [2.45, 2.75) is 20.8 Å². The van der Waals surface area contributed by atoms with Gasteiger partial charge in [0.1, 0.15) is 5.58 Å². The molecule has 0 spiro atoms. The third-order valence-corrected chi connectivity index (χ3v) is 5.15. The predicted molar refractivity (Wildman–Crippen MR) is 123 cm³/mol. The minimum absolute atomic E-state index is 0.677. The van der Waals surface area contributed by atoms with E-state index in [0.29, 0.717) is 5.71 Å². The average molecular weight is 380 g/mol. The van der Waals surface area contributed by atoms with E-state index in [1.54, 1.807) is 13.2 Å². The van der Waals surface area contributed by atoms with Gasteiger partial charge in [-0.25, -0.2) is 4.98 Å². The molecule has 0 unspecified atom stereocenters. The summed E-state index contributed by atoms with van der Waals surface area (Å²) in [5.41, 5.74) is 8.47. The molecule has 29 heavy (non-hydrogen) atoms. The van der Waals surface area contributed by atoms with E-state index in [-0.39, 0.29) is 0 Å². The van der Waals surface area contributed by atoms with Crippen molar-refractivity contribution in [2.75, 3.05) is 7.05 Å². The van der Waals surface area contributed by atoms with Gasteiger partial charge in [-0.2, -0.15) is 0 Å². The molecule has 0 saturated carbocycles. The van der Waals surface area contributed by atoms with Crippen LogP contribution in [0, 0.1) is 13.8 Å². The summed E-state index contributed by atoms with van der Waals surface area (Å²) >= 11 is 0. The predicted octanol–water partition coefficient (Wildman–Crippen LogP) is 6.79. The number of fused-ring (bicyclic) bond motifs is 3.